The summed E-state index contributed by atoms with van der Waals surface area (Å²) in [5.41, 5.74) is 4.78. The van der Waals surface area contributed by atoms with Gasteiger partial charge < -0.3 is 38.6 Å². The van der Waals surface area contributed by atoms with E-state index in [-0.39, 0.29) is 47.9 Å². The first-order valence-corrected chi connectivity index (χ1v) is 20.5. The molecule has 0 fully saturated rings. The smallest absolute Gasteiger partial charge is 0.333 e. The third kappa shape index (κ3) is 10.9. The van der Waals surface area contributed by atoms with Crippen LogP contribution in [-0.4, -0.2) is 75.1 Å². The molecule has 0 spiro atoms. The molecule has 0 bridgehead atoms. The quantitative estimate of drug-likeness (QED) is 0.0644. The van der Waals surface area contributed by atoms with Gasteiger partial charge in [0.1, 0.15) is 48.9 Å². The summed E-state index contributed by atoms with van der Waals surface area (Å²) in [5.74, 6) is 1.61. The van der Waals surface area contributed by atoms with Crippen molar-refractivity contribution in [2.24, 2.45) is 0 Å². The van der Waals surface area contributed by atoms with Crippen LogP contribution in [-0.2, 0) is 14.3 Å². The van der Waals surface area contributed by atoms with E-state index in [4.69, 9.17) is 28.4 Å². The highest BCUT2D eigenvalue weighted by molar-refractivity contribution is 7.16. The van der Waals surface area contributed by atoms with Crippen molar-refractivity contribution >= 4 is 48.8 Å². The summed E-state index contributed by atoms with van der Waals surface area (Å²) in [6.45, 7) is 8.47. The molecule has 0 aliphatic heterocycles. The predicted molar refractivity (Wildman–Crippen MR) is 233 cm³/mol. The molecule has 2 N–H and O–H groups in total. The molecule has 4 aromatic carbocycles. The van der Waals surface area contributed by atoms with Crippen LogP contribution in [0.15, 0.2) is 107 Å². The molecule has 11 nitrogen and oxygen atoms in total. The molecule has 2 atom stereocenters. The van der Waals surface area contributed by atoms with Gasteiger partial charge >= 0.3 is 5.97 Å². The second kappa shape index (κ2) is 19.5. The highest BCUT2D eigenvalue weighted by Crippen LogP contribution is 2.34. The van der Waals surface area contributed by atoms with Gasteiger partial charge in [0.2, 0.25) is 9.48 Å². The fourth-order valence-corrected chi connectivity index (χ4v) is 8.09. The summed E-state index contributed by atoms with van der Waals surface area (Å²) in [5, 5.41) is 22.8. The summed E-state index contributed by atoms with van der Waals surface area (Å²) in [6.07, 6.45) is -3.05. The summed E-state index contributed by atoms with van der Waals surface area (Å²) < 4.78 is 35.7. The molecule has 6 aromatic rings. The van der Waals surface area contributed by atoms with Gasteiger partial charge in [-0.15, -0.1) is 0 Å². The Hall–Kier alpha value is -5.57. The van der Waals surface area contributed by atoms with Crippen LogP contribution in [0.2, 0.25) is 0 Å². The number of carbonyl (C=O) groups is 1. The highest BCUT2D eigenvalue weighted by atomic mass is 32.1. The second-order valence-corrected chi connectivity index (χ2v) is 16.2. The molecule has 0 aliphatic rings. The fourth-order valence-electron chi connectivity index (χ4n) is 6.30. The first kappa shape index (κ1) is 43.0. The van der Waals surface area contributed by atoms with E-state index in [1.807, 2.05) is 74.5 Å². The standard InChI is InChI=1S/C46H46O11S2/c1-26(2)44(49)57-23-32(48)19-31(47)22-54-35(24-55-33-11-9-29-17-38(45(50)58-42(29)20-33)36-13-7-27(3)15-40(36)52-5)25-56-34-12-10-30-18-39(46(51)59-43(30)21-34)37-14-8-28(4)16-41(37)53-6/h7-18,20-21,31-32,35,47-48H,1,19,22-25H2,2-6H3. The first-order chi connectivity index (χ1) is 28.3. The Morgan fingerprint density at radius 3 is 1.58 bits per heavy atom. The molecular weight excluding hydrogens is 793 g/mol. The number of ether oxygens (including phenoxy) is 6. The third-order valence-corrected chi connectivity index (χ3v) is 11.4. The first-order valence-electron chi connectivity index (χ1n) is 18.8. The summed E-state index contributed by atoms with van der Waals surface area (Å²) in [4.78, 5) is 38.4. The van der Waals surface area contributed by atoms with Gasteiger partial charge in [0, 0.05) is 43.6 Å². The van der Waals surface area contributed by atoms with Crippen molar-refractivity contribution in [2.45, 2.75) is 45.5 Å². The maximum absolute atomic E-state index is 13.3. The van der Waals surface area contributed by atoms with Crippen LogP contribution in [0.25, 0.3) is 42.4 Å². The number of aryl methyl sites for hydroxylation is 2. The Balaban J connectivity index is 1.17. The van der Waals surface area contributed by atoms with E-state index in [0.29, 0.717) is 34.1 Å². The predicted octanol–water partition coefficient (Wildman–Crippen LogP) is 7.88. The van der Waals surface area contributed by atoms with Gasteiger partial charge in [-0.2, -0.15) is 0 Å². The van der Waals surface area contributed by atoms with Crippen molar-refractivity contribution in [3.05, 3.63) is 127 Å². The molecule has 0 saturated carbocycles. The van der Waals surface area contributed by atoms with Crippen molar-refractivity contribution in [3.8, 4) is 45.3 Å². The van der Waals surface area contributed by atoms with Crippen LogP contribution in [0.4, 0.5) is 0 Å². The number of benzene rings is 4. The Bertz CT molecular complexity index is 2440. The van der Waals surface area contributed by atoms with Gasteiger partial charge in [0.05, 0.1) is 33.0 Å². The topological polar surface area (TPSA) is 147 Å². The number of esters is 1. The number of hydrogen-bond donors (Lipinski definition) is 2. The van der Waals surface area contributed by atoms with Gasteiger partial charge in [0.25, 0.3) is 0 Å². The number of methoxy groups -OCH3 is 2. The highest BCUT2D eigenvalue weighted by Gasteiger charge is 2.20. The lowest BCUT2D eigenvalue weighted by Crippen LogP contribution is -2.33. The summed E-state index contributed by atoms with van der Waals surface area (Å²) in [6, 6.07) is 26.1. The number of hydrogen-bond acceptors (Lipinski definition) is 13. The van der Waals surface area contributed by atoms with Crippen molar-refractivity contribution in [3.63, 3.8) is 0 Å². The zero-order valence-electron chi connectivity index (χ0n) is 33.4. The Morgan fingerprint density at radius 2 is 1.12 bits per heavy atom. The minimum Gasteiger partial charge on any atom is -0.496 e. The summed E-state index contributed by atoms with van der Waals surface area (Å²) >= 11 is 2.21. The van der Waals surface area contributed by atoms with E-state index in [1.54, 1.807) is 38.5 Å². The van der Waals surface area contributed by atoms with Crippen LogP contribution in [0.3, 0.4) is 0 Å². The molecule has 6 rings (SSSR count). The number of aliphatic hydroxyl groups excluding tert-OH is 2. The maximum Gasteiger partial charge on any atom is 0.333 e. The van der Waals surface area contributed by atoms with E-state index in [1.165, 1.54) is 6.92 Å². The lowest BCUT2D eigenvalue weighted by molar-refractivity contribution is -0.142. The largest absolute Gasteiger partial charge is 0.496 e. The number of aliphatic hydroxyl groups is 2. The van der Waals surface area contributed by atoms with Gasteiger partial charge in [-0.05, 0) is 103 Å². The molecule has 2 aromatic heterocycles. The number of rotatable bonds is 18. The Kier molecular flexibility index (Phi) is 14.2. The number of fused-ring (bicyclic) bond motifs is 2. The van der Waals surface area contributed by atoms with Gasteiger partial charge in [-0.3, -0.25) is 9.59 Å². The average molecular weight is 839 g/mol. The van der Waals surface area contributed by atoms with Crippen LogP contribution in [0.5, 0.6) is 23.0 Å². The van der Waals surface area contributed by atoms with Crippen molar-refractivity contribution < 1.29 is 43.4 Å². The van der Waals surface area contributed by atoms with E-state index in [2.05, 4.69) is 6.58 Å². The molecule has 0 aliphatic carbocycles. The van der Waals surface area contributed by atoms with Crippen LogP contribution >= 0.6 is 22.7 Å². The van der Waals surface area contributed by atoms with Crippen LogP contribution in [0, 0.1) is 13.8 Å². The molecule has 13 heteroatoms. The third-order valence-electron chi connectivity index (χ3n) is 9.40. The molecule has 0 amide bonds. The molecule has 0 saturated heterocycles. The minimum absolute atomic E-state index is 0.00715. The number of carbonyl (C=O) groups excluding carboxylic acids is 1. The van der Waals surface area contributed by atoms with E-state index in [9.17, 15) is 24.6 Å². The van der Waals surface area contributed by atoms with Crippen molar-refractivity contribution in [1.82, 2.24) is 0 Å². The van der Waals surface area contributed by atoms with Gasteiger partial charge in [-0.1, -0.05) is 53.5 Å². The zero-order chi connectivity index (χ0) is 42.2. The SMILES string of the molecule is C=C(C)C(=O)OCC(O)CC(O)COC(COc1ccc2cc(-c3ccc(C)cc3OC)c(=O)sc2c1)COc1ccc2cc(-c3ccc(C)cc3OC)c(=O)sc2c1. The monoisotopic (exact) mass is 838 g/mol. The minimum atomic E-state index is -1.13. The second-order valence-electron chi connectivity index (χ2n) is 14.2. The molecule has 308 valence electrons. The molecule has 2 heterocycles. The summed E-state index contributed by atoms with van der Waals surface area (Å²) in [7, 11) is 3.17. The molecular formula is C46H46O11S2. The molecule has 0 radical (unpaired) electrons. The Morgan fingerprint density at radius 1 is 0.644 bits per heavy atom. The van der Waals surface area contributed by atoms with Crippen molar-refractivity contribution in [2.75, 3.05) is 40.6 Å². The van der Waals surface area contributed by atoms with E-state index < -0.39 is 24.3 Å². The van der Waals surface area contributed by atoms with E-state index >= 15 is 0 Å². The maximum atomic E-state index is 13.3. The Labute approximate surface area is 349 Å². The van der Waals surface area contributed by atoms with Crippen LogP contribution in [0.1, 0.15) is 24.5 Å². The fraction of sp³-hybridized carbons (Fsp3) is 0.283. The lowest BCUT2D eigenvalue weighted by Gasteiger charge is -2.22. The van der Waals surface area contributed by atoms with Crippen molar-refractivity contribution in [1.29, 1.82) is 0 Å². The average Bonchev–Trinajstić information content (AvgIpc) is 3.21. The zero-order valence-corrected chi connectivity index (χ0v) is 35.1. The lowest BCUT2D eigenvalue weighted by atomic mass is 10.0. The normalized spacial score (nSPS) is 12.3. The van der Waals surface area contributed by atoms with Gasteiger partial charge in [-0.25, -0.2) is 4.79 Å². The van der Waals surface area contributed by atoms with Gasteiger partial charge in [0.15, 0.2) is 0 Å². The van der Waals surface area contributed by atoms with E-state index in [0.717, 1.165) is 65.1 Å². The molecule has 2 unspecified atom stereocenters. The molecule has 59 heavy (non-hydrogen) atoms. The van der Waals surface area contributed by atoms with Crippen LogP contribution < -0.4 is 28.4 Å².